The van der Waals surface area contributed by atoms with E-state index in [1.54, 1.807) is 0 Å². The van der Waals surface area contributed by atoms with Gasteiger partial charge in [0, 0.05) is 24.9 Å². The summed E-state index contributed by atoms with van der Waals surface area (Å²) >= 11 is 0. The van der Waals surface area contributed by atoms with Crippen molar-refractivity contribution in [3.8, 4) is 0 Å². The number of ketones is 1. The zero-order valence-corrected chi connectivity index (χ0v) is 10.2. The number of likely N-dealkylation sites (tertiary alicyclic amines) is 1. The Morgan fingerprint density at radius 3 is 2.94 bits per heavy atom. The van der Waals surface area contributed by atoms with E-state index in [-0.39, 0.29) is 0 Å². The average molecular weight is 221 g/mol. The lowest BCUT2D eigenvalue weighted by molar-refractivity contribution is -0.126. The first-order chi connectivity index (χ1) is 7.83. The minimum atomic E-state index is 0.348. The van der Waals surface area contributed by atoms with Crippen LogP contribution in [-0.4, -0.2) is 29.8 Å². The summed E-state index contributed by atoms with van der Waals surface area (Å²) in [6, 6.07) is 0.549. The predicted octanol–water partition coefficient (Wildman–Crippen LogP) is 2.79. The van der Waals surface area contributed by atoms with Crippen LogP contribution in [0.15, 0.2) is 12.7 Å². The fraction of sp³-hybridized carbons (Fsp3) is 0.786. The third-order valence-electron chi connectivity index (χ3n) is 4.10. The van der Waals surface area contributed by atoms with E-state index in [1.165, 1.54) is 25.8 Å². The Kier molecular flexibility index (Phi) is 4.16. The Balaban J connectivity index is 1.95. The Hall–Kier alpha value is -0.630. The maximum atomic E-state index is 12.0. The van der Waals surface area contributed by atoms with Crippen molar-refractivity contribution in [3.05, 3.63) is 12.7 Å². The Labute approximate surface area is 98.7 Å². The highest BCUT2D eigenvalue weighted by Crippen LogP contribution is 2.32. The molecule has 0 aromatic rings. The molecule has 1 saturated heterocycles. The second-order valence-electron chi connectivity index (χ2n) is 5.14. The fourth-order valence-corrected chi connectivity index (χ4v) is 3.26. The molecule has 0 radical (unpaired) electrons. The first kappa shape index (κ1) is 11.8. The van der Waals surface area contributed by atoms with Gasteiger partial charge >= 0.3 is 0 Å². The molecule has 2 rings (SSSR count). The molecular formula is C14H23NO. The highest BCUT2D eigenvalue weighted by molar-refractivity contribution is 5.82. The molecule has 1 heterocycles. The van der Waals surface area contributed by atoms with Crippen molar-refractivity contribution in [3.63, 3.8) is 0 Å². The van der Waals surface area contributed by atoms with Gasteiger partial charge in [-0.1, -0.05) is 12.5 Å². The maximum absolute atomic E-state index is 12.0. The van der Waals surface area contributed by atoms with Crippen molar-refractivity contribution in [2.45, 2.75) is 51.0 Å². The van der Waals surface area contributed by atoms with Crippen LogP contribution in [0, 0.1) is 5.92 Å². The molecule has 2 atom stereocenters. The summed E-state index contributed by atoms with van der Waals surface area (Å²) in [4.78, 5) is 14.5. The van der Waals surface area contributed by atoms with E-state index in [9.17, 15) is 4.79 Å². The van der Waals surface area contributed by atoms with Gasteiger partial charge in [0.05, 0.1) is 0 Å². The van der Waals surface area contributed by atoms with E-state index in [1.807, 2.05) is 6.08 Å². The molecule has 1 aliphatic heterocycles. The smallest absolute Gasteiger partial charge is 0.137 e. The van der Waals surface area contributed by atoms with Crippen LogP contribution in [0.4, 0.5) is 0 Å². The van der Waals surface area contributed by atoms with Crippen molar-refractivity contribution in [1.82, 2.24) is 4.90 Å². The lowest BCUT2D eigenvalue weighted by Gasteiger charge is -2.32. The second-order valence-corrected chi connectivity index (χ2v) is 5.14. The van der Waals surface area contributed by atoms with Crippen LogP contribution in [0.1, 0.15) is 44.9 Å². The van der Waals surface area contributed by atoms with Crippen molar-refractivity contribution < 1.29 is 4.79 Å². The summed E-state index contributed by atoms with van der Waals surface area (Å²) in [5.74, 6) is 0.878. The number of carbonyl (C=O) groups is 1. The van der Waals surface area contributed by atoms with E-state index in [0.717, 1.165) is 32.2 Å². The molecule has 2 aliphatic rings. The van der Waals surface area contributed by atoms with E-state index in [0.29, 0.717) is 17.7 Å². The third-order valence-corrected chi connectivity index (χ3v) is 4.10. The molecule has 0 aromatic heterocycles. The van der Waals surface area contributed by atoms with Crippen molar-refractivity contribution in [2.24, 2.45) is 5.92 Å². The highest BCUT2D eigenvalue weighted by Gasteiger charge is 2.36. The number of Topliss-reactive ketones (excluding diaryl/α,β-unsaturated/α-hetero) is 1. The molecule has 90 valence electrons. The van der Waals surface area contributed by atoms with Gasteiger partial charge in [0.25, 0.3) is 0 Å². The van der Waals surface area contributed by atoms with Crippen LogP contribution in [0.5, 0.6) is 0 Å². The standard InChI is InChI=1S/C14H23NO/c1-2-3-10-15-11-6-8-13(15)12-7-4-5-9-14(12)16/h2,12-13H,1,3-11H2. The van der Waals surface area contributed by atoms with Gasteiger partial charge in [-0.15, -0.1) is 6.58 Å². The zero-order valence-electron chi connectivity index (χ0n) is 10.2. The Bertz CT molecular complexity index is 261. The minimum absolute atomic E-state index is 0.348. The Morgan fingerprint density at radius 1 is 1.31 bits per heavy atom. The molecule has 1 aliphatic carbocycles. The van der Waals surface area contributed by atoms with Gasteiger partial charge in [-0.05, 0) is 38.6 Å². The van der Waals surface area contributed by atoms with Crippen LogP contribution in [-0.2, 0) is 4.79 Å². The van der Waals surface area contributed by atoms with E-state index < -0.39 is 0 Å². The summed E-state index contributed by atoms with van der Waals surface area (Å²) in [5.41, 5.74) is 0. The van der Waals surface area contributed by atoms with Gasteiger partial charge < -0.3 is 0 Å². The fourth-order valence-electron chi connectivity index (χ4n) is 3.26. The monoisotopic (exact) mass is 221 g/mol. The molecule has 2 unspecified atom stereocenters. The molecule has 0 aromatic carbocycles. The second kappa shape index (κ2) is 5.62. The molecule has 2 heteroatoms. The first-order valence-electron chi connectivity index (χ1n) is 6.70. The van der Waals surface area contributed by atoms with Gasteiger partial charge in [0.2, 0.25) is 0 Å². The zero-order chi connectivity index (χ0) is 11.4. The molecule has 2 nitrogen and oxygen atoms in total. The molecule has 0 amide bonds. The van der Waals surface area contributed by atoms with Gasteiger partial charge in [-0.3, -0.25) is 9.69 Å². The predicted molar refractivity (Wildman–Crippen MR) is 66.4 cm³/mol. The maximum Gasteiger partial charge on any atom is 0.137 e. The normalized spacial score (nSPS) is 31.9. The molecule has 1 saturated carbocycles. The third kappa shape index (κ3) is 2.54. The van der Waals surface area contributed by atoms with Crippen molar-refractivity contribution >= 4 is 5.78 Å². The van der Waals surface area contributed by atoms with E-state index in [2.05, 4.69) is 11.5 Å². The van der Waals surface area contributed by atoms with E-state index >= 15 is 0 Å². The van der Waals surface area contributed by atoms with Gasteiger partial charge in [-0.25, -0.2) is 0 Å². The van der Waals surface area contributed by atoms with Crippen LogP contribution in [0.25, 0.3) is 0 Å². The SMILES string of the molecule is C=CCCN1CCCC1C1CCCCC1=O. The van der Waals surface area contributed by atoms with Crippen molar-refractivity contribution in [2.75, 3.05) is 13.1 Å². The van der Waals surface area contributed by atoms with Gasteiger partial charge in [0.15, 0.2) is 0 Å². The minimum Gasteiger partial charge on any atom is -0.299 e. The molecule has 2 fully saturated rings. The van der Waals surface area contributed by atoms with E-state index in [4.69, 9.17) is 0 Å². The average Bonchev–Trinajstić information content (AvgIpc) is 2.75. The number of carbonyl (C=O) groups excluding carboxylic acids is 1. The number of rotatable bonds is 4. The van der Waals surface area contributed by atoms with Gasteiger partial charge in [0.1, 0.15) is 5.78 Å². The lowest BCUT2D eigenvalue weighted by Crippen LogP contribution is -2.40. The van der Waals surface area contributed by atoms with Gasteiger partial charge in [-0.2, -0.15) is 0 Å². The number of hydrogen-bond acceptors (Lipinski definition) is 2. The summed E-state index contributed by atoms with van der Waals surface area (Å²) in [6.45, 7) is 6.06. The first-order valence-corrected chi connectivity index (χ1v) is 6.70. The topological polar surface area (TPSA) is 20.3 Å². The molecule has 0 spiro atoms. The van der Waals surface area contributed by atoms with Crippen LogP contribution >= 0.6 is 0 Å². The number of hydrogen-bond donors (Lipinski definition) is 0. The summed E-state index contributed by atoms with van der Waals surface area (Å²) in [5, 5.41) is 0. The van der Waals surface area contributed by atoms with Crippen LogP contribution in [0.2, 0.25) is 0 Å². The molecule has 0 N–H and O–H groups in total. The summed E-state index contributed by atoms with van der Waals surface area (Å²) in [7, 11) is 0. The van der Waals surface area contributed by atoms with Crippen LogP contribution < -0.4 is 0 Å². The largest absolute Gasteiger partial charge is 0.299 e. The molecule has 16 heavy (non-hydrogen) atoms. The highest BCUT2D eigenvalue weighted by atomic mass is 16.1. The molecular weight excluding hydrogens is 198 g/mol. The summed E-state index contributed by atoms with van der Waals surface area (Å²) < 4.78 is 0. The lowest BCUT2D eigenvalue weighted by atomic mass is 9.82. The van der Waals surface area contributed by atoms with Crippen molar-refractivity contribution in [1.29, 1.82) is 0 Å². The van der Waals surface area contributed by atoms with Crippen LogP contribution in [0.3, 0.4) is 0 Å². The quantitative estimate of drug-likeness (QED) is 0.680. The summed E-state index contributed by atoms with van der Waals surface area (Å²) in [6.07, 6.45) is 9.87. The molecule has 0 bridgehead atoms. The Morgan fingerprint density at radius 2 is 2.19 bits per heavy atom. The number of nitrogens with zero attached hydrogens (tertiary/aromatic N) is 1.